The minimum atomic E-state index is -4.42. The first kappa shape index (κ1) is 14.0. The predicted octanol–water partition coefficient (Wildman–Crippen LogP) is 4.85. The van der Waals surface area contributed by atoms with Gasteiger partial charge in [0.1, 0.15) is 14.6 Å². The maximum atomic E-state index is 13.6. The van der Waals surface area contributed by atoms with E-state index in [1.165, 1.54) is 31.2 Å². The van der Waals surface area contributed by atoms with Gasteiger partial charge < -0.3 is 0 Å². The Morgan fingerprint density at radius 2 is 1.30 bits per heavy atom. The quantitative estimate of drug-likeness (QED) is 0.583. The number of hydrogen-bond donors (Lipinski definition) is 0. The fourth-order valence-corrected chi connectivity index (χ4v) is 3.11. The lowest BCUT2D eigenvalue weighted by molar-refractivity contribution is -0.172. The van der Waals surface area contributed by atoms with E-state index in [1.54, 1.807) is 0 Å². The zero-order valence-electron chi connectivity index (χ0n) is 10.1. The topological polar surface area (TPSA) is 25.8 Å². The minimum absolute atomic E-state index is 0.133. The van der Waals surface area contributed by atoms with Gasteiger partial charge in [-0.2, -0.15) is 13.2 Å². The standard InChI is InChI=1S/C13H7Br2F3N2/c1-12(13(16,17)18)6-2-4-8(14)19-10(6)11-7(12)3-5-9(15)20-11/h2-5H,1H3. The summed E-state index contributed by atoms with van der Waals surface area (Å²) in [5.41, 5.74) is -1.27. The molecule has 104 valence electrons. The summed E-state index contributed by atoms with van der Waals surface area (Å²) in [5.74, 6) is 0. The van der Waals surface area contributed by atoms with Gasteiger partial charge in [-0.15, -0.1) is 0 Å². The van der Waals surface area contributed by atoms with E-state index >= 15 is 0 Å². The van der Waals surface area contributed by atoms with E-state index in [1.807, 2.05) is 0 Å². The van der Waals surface area contributed by atoms with Gasteiger partial charge in [-0.05, 0) is 62.0 Å². The molecule has 0 saturated heterocycles. The van der Waals surface area contributed by atoms with Crippen LogP contribution in [0, 0.1) is 0 Å². The molecule has 2 heterocycles. The third-order valence-corrected chi connectivity index (χ3v) is 4.47. The van der Waals surface area contributed by atoms with Crippen molar-refractivity contribution >= 4 is 31.9 Å². The summed E-state index contributed by atoms with van der Waals surface area (Å²) in [6.07, 6.45) is -4.42. The molecular formula is C13H7Br2F3N2. The van der Waals surface area contributed by atoms with Gasteiger partial charge in [-0.3, -0.25) is 0 Å². The Kier molecular flexibility index (Phi) is 2.99. The molecule has 0 fully saturated rings. The third-order valence-electron chi connectivity index (χ3n) is 3.59. The predicted molar refractivity (Wildman–Crippen MR) is 75.4 cm³/mol. The summed E-state index contributed by atoms with van der Waals surface area (Å²) in [5, 5.41) is 0. The number of hydrogen-bond acceptors (Lipinski definition) is 2. The SMILES string of the molecule is CC1(C(F)(F)F)c2ccc(Br)nc2-c2nc(Br)ccc21. The van der Waals surface area contributed by atoms with Crippen molar-refractivity contribution in [3.8, 4) is 11.4 Å². The Labute approximate surface area is 129 Å². The second-order valence-corrected chi connectivity index (χ2v) is 6.31. The number of alkyl halides is 3. The van der Waals surface area contributed by atoms with Crippen LogP contribution in [0.15, 0.2) is 33.5 Å². The highest BCUT2D eigenvalue weighted by Gasteiger charge is 2.59. The van der Waals surface area contributed by atoms with Crippen molar-refractivity contribution in [2.75, 3.05) is 0 Å². The summed E-state index contributed by atoms with van der Waals surface area (Å²) in [6, 6.07) is 5.94. The molecule has 0 amide bonds. The number of aromatic nitrogens is 2. The molecule has 0 atom stereocenters. The molecule has 0 N–H and O–H groups in total. The molecule has 0 saturated carbocycles. The molecule has 0 spiro atoms. The molecule has 2 aromatic rings. The summed E-state index contributed by atoms with van der Waals surface area (Å²) in [4.78, 5) is 8.36. The molecule has 7 heteroatoms. The Bertz CT molecular complexity index is 662. The zero-order valence-corrected chi connectivity index (χ0v) is 13.3. The Morgan fingerprint density at radius 3 is 1.65 bits per heavy atom. The van der Waals surface area contributed by atoms with Crippen LogP contribution in [-0.2, 0) is 5.41 Å². The first-order valence-electron chi connectivity index (χ1n) is 5.66. The van der Waals surface area contributed by atoms with Crippen molar-refractivity contribution < 1.29 is 13.2 Å². The first-order valence-corrected chi connectivity index (χ1v) is 7.25. The first-order chi connectivity index (χ1) is 9.25. The van der Waals surface area contributed by atoms with Gasteiger partial charge in [-0.1, -0.05) is 12.1 Å². The Hall–Kier alpha value is -0.950. The van der Waals surface area contributed by atoms with Crippen molar-refractivity contribution in [3.05, 3.63) is 44.6 Å². The second kappa shape index (κ2) is 4.27. The van der Waals surface area contributed by atoms with Crippen LogP contribution in [0.3, 0.4) is 0 Å². The molecule has 2 aromatic heterocycles. The molecule has 0 bridgehead atoms. The highest BCUT2D eigenvalue weighted by molar-refractivity contribution is 9.10. The number of halogens is 5. The van der Waals surface area contributed by atoms with E-state index in [0.717, 1.165) is 0 Å². The van der Waals surface area contributed by atoms with Crippen molar-refractivity contribution in [2.24, 2.45) is 0 Å². The van der Waals surface area contributed by atoms with Gasteiger partial charge in [-0.25, -0.2) is 9.97 Å². The number of fused-ring (bicyclic) bond motifs is 3. The van der Waals surface area contributed by atoms with Crippen LogP contribution in [-0.4, -0.2) is 16.1 Å². The Balaban J connectivity index is 2.42. The highest BCUT2D eigenvalue weighted by Crippen LogP contribution is 2.55. The minimum Gasteiger partial charge on any atom is -0.239 e. The van der Waals surface area contributed by atoms with Crippen molar-refractivity contribution in [3.63, 3.8) is 0 Å². The molecular weight excluding hydrogens is 401 g/mol. The molecule has 0 unspecified atom stereocenters. The van der Waals surface area contributed by atoms with Gasteiger partial charge in [0.25, 0.3) is 0 Å². The largest absolute Gasteiger partial charge is 0.402 e. The fraction of sp³-hybridized carbons (Fsp3) is 0.231. The van der Waals surface area contributed by atoms with Gasteiger partial charge >= 0.3 is 6.18 Å². The van der Waals surface area contributed by atoms with Gasteiger partial charge in [0.15, 0.2) is 0 Å². The van der Waals surface area contributed by atoms with Crippen LogP contribution in [0.25, 0.3) is 11.4 Å². The van der Waals surface area contributed by atoms with E-state index in [0.29, 0.717) is 9.21 Å². The monoisotopic (exact) mass is 406 g/mol. The van der Waals surface area contributed by atoms with Gasteiger partial charge in [0.05, 0.1) is 11.4 Å². The lowest BCUT2D eigenvalue weighted by atomic mass is 9.80. The van der Waals surface area contributed by atoms with Gasteiger partial charge in [0, 0.05) is 0 Å². The van der Waals surface area contributed by atoms with Crippen LogP contribution in [0.2, 0.25) is 0 Å². The van der Waals surface area contributed by atoms with Crippen LogP contribution >= 0.6 is 31.9 Å². The lowest BCUT2D eigenvalue weighted by Gasteiger charge is -2.29. The molecule has 2 nitrogen and oxygen atoms in total. The number of rotatable bonds is 0. The maximum absolute atomic E-state index is 13.6. The molecule has 3 rings (SSSR count). The maximum Gasteiger partial charge on any atom is 0.402 e. The molecule has 1 aliphatic rings. The second-order valence-electron chi connectivity index (χ2n) is 4.68. The molecule has 1 aliphatic carbocycles. The molecule has 0 aliphatic heterocycles. The van der Waals surface area contributed by atoms with E-state index in [-0.39, 0.29) is 22.5 Å². The van der Waals surface area contributed by atoms with Crippen molar-refractivity contribution in [1.29, 1.82) is 0 Å². The Morgan fingerprint density at radius 1 is 0.900 bits per heavy atom. The normalized spacial score (nSPS) is 15.9. The highest BCUT2D eigenvalue weighted by atomic mass is 79.9. The van der Waals surface area contributed by atoms with E-state index in [9.17, 15) is 13.2 Å². The summed E-state index contributed by atoms with van der Waals surface area (Å²) < 4.78 is 41.8. The summed E-state index contributed by atoms with van der Waals surface area (Å²) in [7, 11) is 0. The average molecular weight is 408 g/mol. The smallest absolute Gasteiger partial charge is 0.239 e. The van der Waals surface area contributed by atoms with E-state index in [4.69, 9.17) is 0 Å². The van der Waals surface area contributed by atoms with Crippen molar-refractivity contribution in [2.45, 2.75) is 18.5 Å². The molecule has 20 heavy (non-hydrogen) atoms. The van der Waals surface area contributed by atoms with Crippen LogP contribution in [0.1, 0.15) is 18.1 Å². The van der Waals surface area contributed by atoms with Gasteiger partial charge in [0.2, 0.25) is 0 Å². The van der Waals surface area contributed by atoms with E-state index in [2.05, 4.69) is 41.8 Å². The lowest BCUT2D eigenvalue weighted by Crippen LogP contribution is -2.38. The van der Waals surface area contributed by atoms with Crippen LogP contribution in [0.4, 0.5) is 13.2 Å². The molecule has 0 radical (unpaired) electrons. The average Bonchev–Trinajstić information content (AvgIpc) is 2.59. The summed E-state index contributed by atoms with van der Waals surface area (Å²) in [6.45, 7) is 1.17. The number of pyridine rings is 2. The fourth-order valence-electron chi connectivity index (χ4n) is 2.49. The zero-order chi connectivity index (χ0) is 14.7. The van der Waals surface area contributed by atoms with Crippen LogP contribution < -0.4 is 0 Å². The van der Waals surface area contributed by atoms with Crippen molar-refractivity contribution in [1.82, 2.24) is 9.97 Å². The van der Waals surface area contributed by atoms with Crippen LogP contribution in [0.5, 0.6) is 0 Å². The number of nitrogens with zero attached hydrogens (tertiary/aromatic N) is 2. The summed E-state index contributed by atoms with van der Waals surface area (Å²) >= 11 is 6.38. The molecule has 0 aromatic carbocycles. The van der Waals surface area contributed by atoms with E-state index < -0.39 is 11.6 Å². The third kappa shape index (κ3) is 1.75.